The number of pyridine rings is 1. The minimum atomic E-state index is -0.0190. The van der Waals surface area contributed by atoms with Crippen LogP contribution in [-0.2, 0) is 11.3 Å². The van der Waals surface area contributed by atoms with Crippen LogP contribution in [-0.4, -0.2) is 30.6 Å². The third-order valence-electron chi connectivity index (χ3n) is 2.17. The number of amides is 1. The van der Waals surface area contributed by atoms with Gasteiger partial charge in [0.2, 0.25) is 11.8 Å². The molecule has 0 atom stereocenters. The number of hydrogen-bond donors (Lipinski definition) is 2. The van der Waals surface area contributed by atoms with Crippen molar-refractivity contribution < 1.29 is 9.53 Å². The fourth-order valence-electron chi connectivity index (χ4n) is 1.20. The summed E-state index contributed by atoms with van der Waals surface area (Å²) in [5.74, 6) is 0.552. The van der Waals surface area contributed by atoms with Crippen LogP contribution in [0.25, 0.3) is 0 Å². The first-order valence-corrected chi connectivity index (χ1v) is 5.61. The molecule has 17 heavy (non-hydrogen) atoms. The molecule has 5 nitrogen and oxygen atoms in total. The average Bonchev–Trinajstić information content (AvgIpc) is 2.34. The lowest BCUT2D eigenvalue weighted by Crippen LogP contribution is -2.36. The van der Waals surface area contributed by atoms with Gasteiger partial charge in [-0.05, 0) is 5.56 Å². The number of aromatic nitrogens is 1. The van der Waals surface area contributed by atoms with E-state index in [9.17, 15) is 4.79 Å². The van der Waals surface area contributed by atoms with Gasteiger partial charge >= 0.3 is 0 Å². The van der Waals surface area contributed by atoms with Crippen molar-refractivity contribution in [2.24, 2.45) is 0 Å². The first-order valence-electron chi connectivity index (χ1n) is 5.61. The molecule has 1 rings (SSSR count). The van der Waals surface area contributed by atoms with Gasteiger partial charge in [-0.2, -0.15) is 0 Å². The molecule has 0 bridgehead atoms. The van der Waals surface area contributed by atoms with Crippen molar-refractivity contribution >= 4 is 5.91 Å². The van der Waals surface area contributed by atoms with Gasteiger partial charge in [0, 0.05) is 24.8 Å². The standard InChI is InChI=1S/C12H19N3O2/c1-9(2)13-8-11(16)14-6-10-4-5-12(17-3)15-7-10/h4-5,7,9,13H,6,8H2,1-3H3,(H,14,16). The number of ether oxygens (including phenoxy) is 1. The van der Waals surface area contributed by atoms with Crippen molar-refractivity contribution in [2.75, 3.05) is 13.7 Å². The molecule has 1 heterocycles. The van der Waals surface area contributed by atoms with E-state index in [-0.39, 0.29) is 5.91 Å². The number of methoxy groups -OCH3 is 1. The zero-order valence-corrected chi connectivity index (χ0v) is 10.5. The molecule has 1 aromatic rings. The summed E-state index contributed by atoms with van der Waals surface area (Å²) >= 11 is 0. The fraction of sp³-hybridized carbons (Fsp3) is 0.500. The van der Waals surface area contributed by atoms with Gasteiger partial charge in [-0.15, -0.1) is 0 Å². The molecule has 0 fully saturated rings. The van der Waals surface area contributed by atoms with Gasteiger partial charge < -0.3 is 15.4 Å². The van der Waals surface area contributed by atoms with Crippen LogP contribution in [0.4, 0.5) is 0 Å². The quantitative estimate of drug-likeness (QED) is 0.764. The summed E-state index contributed by atoms with van der Waals surface area (Å²) in [6.07, 6.45) is 1.69. The lowest BCUT2D eigenvalue weighted by molar-refractivity contribution is -0.120. The van der Waals surface area contributed by atoms with Crippen LogP contribution in [0, 0.1) is 0 Å². The Morgan fingerprint density at radius 1 is 1.47 bits per heavy atom. The molecule has 0 spiro atoms. The Morgan fingerprint density at radius 3 is 2.76 bits per heavy atom. The Kier molecular flexibility index (Phi) is 5.42. The highest BCUT2D eigenvalue weighted by molar-refractivity contribution is 5.77. The van der Waals surface area contributed by atoms with Crippen molar-refractivity contribution in [1.82, 2.24) is 15.6 Å². The molecule has 0 radical (unpaired) electrons. The normalized spacial score (nSPS) is 10.4. The highest BCUT2D eigenvalue weighted by Crippen LogP contribution is 2.05. The molecule has 2 N–H and O–H groups in total. The van der Waals surface area contributed by atoms with Crippen LogP contribution in [0.15, 0.2) is 18.3 Å². The zero-order valence-electron chi connectivity index (χ0n) is 10.5. The van der Waals surface area contributed by atoms with Gasteiger partial charge in [0.25, 0.3) is 0 Å². The summed E-state index contributed by atoms with van der Waals surface area (Å²) in [6, 6.07) is 3.96. The Labute approximate surface area is 102 Å². The topological polar surface area (TPSA) is 63.2 Å². The monoisotopic (exact) mass is 237 g/mol. The Bertz CT molecular complexity index is 349. The van der Waals surface area contributed by atoms with Gasteiger partial charge in [-0.25, -0.2) is 4.98 Å². The van der Waals surface area contributed by atoms with Gasteiger partial charge in [0.1, 0.15) is 0 Å². The number of carbonyl (C=O) groups excluding carboxylic acids is 1. The molecule has 0 saturated carbocycles. The summed E-state index contributed by atoms with van der Waals surface area (Å²) in [5.41, 5.74) is 0.948. The minimum absolute atomic E-state index is 0.0190. The largest absolute Gasteiger partial charge is 0.481 e. The molecule has 0 aliphatic carbocycles. The van der Waals surface area contributed by atoms with Crippen LogP contribution < -0.4 is 15.4 Å². The predicted molar refractivity (Wildman–Crippen MR) is 65.8 cm³/mol. The maximum Gasteiger partial charge on any atom is 0.234 e. The summed E-state index contributed by atoms with van der Waals surface area (Å²) in [5, 5.41) is 5.86. The summed E-state index contributed by atoms with van der Waals surface area (Å²) in [7, 11) is 1.57. The van der Waals surface area contributed by atoms with E-state index in [2.05, 4.69) is 15.6 Å². The van der Waals surface area contributed by atoms with Gasteiger partial charge in [-0.1, -0.05) is 19.9 Å². The van der Waals surface area contributed by atoms with Crippen molar-refractivity contribution in [3.63, 3.8) is 0 Å². The summed E-state index contributed by atoms with van der Waals surface area (Å²) in [4.78, 5) is 15.5. The Balaban J connectivity index is 2.31. The van der Waals surface area contributed by atoms with E-state index in [1.54, 1.807) is 19.4 Å². The van der Waals surface area contributed by atoms with E-state index < -0.39 is 0 Å². The summed E-state index contributed by atoms with van der Waals surface area (Å²) in [6.45, 7) is 4.82. The lowest BCUT2D eigenvalue weighted by atomic mass is 10.3. The molecule has 0 aliphatic rings. The predicted octanol–water partition coefficient (Wildman–Crippen LogP) is 0.704. The number of rotatable bonds is 6. The van der Waals surface area contributed by atoms with E-state index in [1.165, 1.54) is 0 Å². The van der Waals surface area contributed by atoms with E-state index in [0.29, 0.717) is 25.0 Å². The number of nitrogens with zero attached hydrogens (tertiary/aromatic N) is 1. The second-order valence-corrected chi connectivity index (χ2v) is 4.02. The SMILES string of the molecule is COc1ccc(CNC(=O)CNC(C)C)cn1. The molecule has 94 valence electrons. The van der Waals surface area contributed by atoms with Crippen LogP contribution in [0.2, 0.25) is 0 Å². The van der Waals surface area contributed by atoms with Crippen LogP contribution >= 0.6 is 0 Å². The van der Waals surface area contributed by atoms with Crippen molar-refractivity contribution in [2.45, 2.75) is 26.4 Å². The van der Waals surface area contributed by atoms with Gasteiger partial charge in [0.05, 0.1) is 13.7 Å². The molecular weight excluding hydrogens is 218 g/mol. The average molecular weight is 237 g/mol. The van der Waals surface area contributed by atoms with Crippen LogP contribution in [0.1, 0.15) is 19.4 Å². The molecule has 0 saturated heterocycles. The molecule has 5 heteroatoms. The van der Waals surface area contributed by atoms with Crippen LogP contribution in [0.5, 0.6) is 5.88 Å². The number of hydrogen-bond acceptors (Lipinski definition) is 4. The molecular formula is C12H19N3O2. The van der Waals surface area contributed by atoms with Gasteiger partial charge in [0.15, 0.2) is 0 Å². The Morgan fingerprint density at radius 2 is 2.24 bits per heavy atom. The summed E-state index contributed by atoms with van der Waals surface area (Å²) < 4.78 is 4.95. The van der Waals surface area contributed by atoms with E-state index in [4.69, 9.17) is 4.74 Å². The molecule has 1 amide bonds. The highest BCUT2D eigenvalue weighted by Gasteiger charge is 2.02. The first-order chi connectivity index (χ1) is 8.11. The second kappa shape index (κ2) is 6.85. The lowest BCUT2D eigenvalue weighted by Gasteiger charge is -2.09. The van der Waals surface area contributed by atoms with Crippen molar-refractivity contribution in [3.05, 3.63) is 23.9 Å². The second-order valence-electron chi connectivity index (χ2n) is 4.02. The molecule has 0 aliphatic heterocycles. The van der Waals surface area contributed by atoms with Crippen LogP contribution in [0.3, 0.4) is 0 Å². The maximum absolute atomic E-state index is 11.4. The van der Waals surface area contributed by atoms with E-state index >= 15 is 0 Å². The molecule has 0 unspecified atom stereocenters. The third kappa shape index (κ3) is 5.31. The zero-order chi connectivity index (χ0) is 12.7. The maximum atomic E-state index is 11.4. The van der Waals surface area contributed by atoms with E-state index in [1.807, 2.05) is 19.9 Å². The molecule has 1 aromatic heterocycles. The highest BCUT2D eigenvalue weighted by atomic mass is 16.5. The molecule has 0 aromatic carbocycles. The van der Waals surface area contributed by atoms with Crippen molar-refractivity contribution in [1.29, 1.82) is 0 Å². The van der Waals surface area contributed by atoms with Gasteiger partial charge in [-0.3, -0.25) is 4.79 Å². The smallest absolute Gasteiger partial charge is 0.234 e. The third-order valence-corrected chi connectivity index (χ3v) is 2.17. The van der Waals surface area contributed by atoms with Crippen molar-refractivity contribution in [3.8, 4) is 5.88 Å². The Hall–Kier alpha value is -1.62. The fourth-order valence-corrected chi connectivity index (χ4v) is 1.20. The number of carbonyl (C=O) groups is 1. The first kappa shape index (κ1) is 13.4. The number of nitrogens with one attached hydrogen (secondary N) is 2. The minimum Gasteiger partial charge on any atom is -0.481 e. The van der Waals surface area contributed by atoms with E-state index in [0.717, 1.165) is 5.56 Å².